The number of fused-ring (bicyclic) bond motifs is 1. The van der Waals surface area contributed by atoms with Gasteiger partial charge in [0, 0.05) is 42.1 Å². The van der Waals surface area contributed by atoms with E-state index < -0.39 is 11.6 Å². The molecule has 1 aliphatic heterocycles. The molecule has 5 heteroatoms. The van der Waals surface area contributed by atoms with E-state index in [0.29, 0.717) is 5.02 Å². The first-order valence-electron chi connectivity index (χ1n) is 8.71. The SMILES string of the molecule is Fc1cccc(F)c1CN1CCCn2cccc2[C@H]1c1ccccc1Cl. The number of hydrogen-bond acceptors (Lipinski definition) is 1. The molecule has 4 rings (SSSR count). The van der Waals surface area contributed by atoms with Gasteiger partial charge in [0.05, 0.1) is 6.04 Å². The van der Waals surface area contributed by atoms with Gasteiger partial charge in [-0.3, -0.25) is 4.90 Å². The van der Waals surface area contributed by atoms with Crippen molar-refractivity contribution in [2.24, 2.45) is 0 Å². The molecular weight excluding hydrogens is 354 g/mol. The van der Waals surface area contributed by atoms with Crippen LogP contribution in [0.3, 0.4) is 0 Å². The van der Waals surface area contributed by atoms with Crippen molar-refractivity contribution < 1.29 is 8.78 Å². The monoisotopic (exact) mass is 372 g/mol. The molecule has 1 aromatic heterocycles. The molecular formula is C21H19ClF2N2. The second-order valence-electron chi connectivity index (χ2n) is 6.57. The Morgan fingerprint density at radius 3 is 2.46 bits per heavy atom. The van der Waals surface area contributed by atoms with Crippen molar-refractivity contribution in [3.63, 3.8) is 0 Å². The van der Waals surface area contributed by atoms with Crippen molar-refractivity contribution in [1.29, 1.82) is 0 Å². The molecule has 0 radical (unpaired) electrons. The Labute approximate surface area is 156 Å². The smallest absolute Gasteiger partial charge is 0.130 e. The van der Waals surface area contributed by atoms with Gasteiger partial charge >= 0.3 is 0 Å². The van der Waals surface area contributed by atoms with Crippen LogP contribution in [0.1, 0.15) is 29.3 Å². The lowest BCUT2D eigenvalue weighted by Gasteiger charge is -2.31. The van der Waals surface area contributed by atoms with E-state index in [1.165, 1.54) is 18.2 Å². The van der Waals surface area contributed by atoms with E-state index in [9.17, 15) is 8.78 Å². The maximum absolute atomic E-state index is 14.3. The zero-order valence-corrected chi connectivity index (χ0v) is 15.0. The molecule has 1 atom stereocenters. The van der Waals surface area contributed by atoms with Gasteiger partial charge in [0.15, 0.2) is 0 Å². The molecule has 0 amide bonds. The standard InChI is InChI=1S/C21H19ClF2N2/c22-17-7-2-1-6-15(17)21-20-10-4-11-25(20)12-5-13-26(21)14-16-18(23)8-3-9-19(16)24/h1-4,6-11,21H,5,12-14H2/t21-/m1/s1. The van der Waals surface area contributed by atoms with Gasteiger partial charge in [0.25, 0.3) is 0 Å². The van der Waals surface area contributed by atoms with Crippen molar-refractivity contribution in [2.45, 2.75) is 25.6 Å². The average Bonchev–Trinajstić information content (AvgIpc) is 3.01. The number of nitrogens with zero attached hydrogens (tertiary/aromatic N) is 2. The normalized spacial score (nSPS) is 17.7. The highest BCUT2D eigenvalue weighted by atomic mass is 35.5. The van der Waals surface area contributed by atoms with Gasteiger partial charge in [-0.2, -0.15) is 0 Å². The Kier molecular flexibility index (Phi) is 4.79. The van der Waals surface area contributed by atoms with Gasteiger partial charge in [0.2, 0.25) is 0 Å². The third-order valence-electron chi connectivity index (χ3n) is 4.98. The summed E-state index contributed by atoms with van der Waals surface area (Å²) in [6, 6.07) is 15.6. The summed E-state index contributed by atoms with van der Waals surface area (Å²) in [5, 5.41) is 0.658. The molecule has 1 aliphatic rings. The summed E-state index contributed by atoms with van der Waals surface area (Å²) in [6.07, 6.45) is 2.95. The van der Waals surface area contributed by atoms with Gasteiger partial charge in [-0.25, -0.2) is 8.78 Å². The molecule has 2 heterocycles. The molecule has 2 nitrogen and oxygen atoms in total. The molecule has 0 saturated heterocycles. The van der Waals surface area contributed by atoms with Crippen molar-refractivity contribution in [3.8, 4) is 0 Å². The maximum Gasteiger partial charge on any atom is 0.130 e. The largest absolute Gasteiger partial charge is 0.350 e. The van der Waals surface area contributed by atoms with E-state index in [0.717, 1.165) is 30.8 Å². The molecule has 0 bridgehead atoms. The second-order valence-corrected chi connectivity index (χ2v) is 6.98. The number of halogens is 3. The third-order valence-corrected chi connectivity index (χ3v) is 5.32. The number of aryl methyl sites for hydroxylation is 1. The first-order valence-corrected chi connectivity index (χ1v) is 9.09. The van der Waals surface area contributed by atoms with Crippen LogP contribution in [0.4, 0.5) is 8.78 Å². The van der Waals surface area contributed by atoms with Crippen LogP contribution in [-0.2, 0) is 13.1 Å². The summed E-state index contributed by atoms with van der Waals surface area (Å²) in [5.74, 6) is -1.02. The van der Waals surface area contributed by atoms with E-state index >= 15 is 0 Å². The molecule has 0 N–H and O–H groups in total. The highest BCUT2D eigenvalue weighted by Gasteiger charge is 2.29. The highest BCUT2D eigenvalue weighted by molar-refractivity contribution is 6.31. The van der Waals surface area contributed by atoms with Crippen molar-refractivity contribution in [1.82, 2.24) is 9.47 Å². The van der Waals surface area contributed by atoms with Gasteiger partial charge in [-0.15, -0.1) is 0 Å². The quantitative estimate of drug-likeness (QED) is 0.596. The van der Waals surface area contributed by atoms with E-state index in [1.807, 2.05) is 36.5 Å². The Morgan fingerprint density at radius 1 is 0.923 bits per heavy atom. The van der Waals surface area contributed by atoms with E-state index in [-0.39, 0.29) is 18.2 Å². The van der Waals surface area contributed by atoms with Crippen molar-refractivity contribution >= 4 is 11.6 Å². The van der Waals surface area contributed by atoms with Crippen LogP contribution in [0.5, 0.6) is 0 Å². The van der Waals surface area contributed by atoms with Crippen LogP contribution in [0.15, 0.2) is 60.8 Å². The molecule has 0 unspecified atom stereocenters. The summed E-state index contributed by atoms with van der Waals surface area (Å²) in [7, 11) is 0. The van der Waals surface area contributed by atoms with E-state index in [2.05, 4.69) is 15.5 Å². The first kappa shape index (κ1) is 17.3. The molecule has 2 aromatic carbocycles. The van der Waals surface area contributed by atoms with Gasteiger partial charge in [0.1, 0.15) is 11.6 Å². The number of rotatable bonds is 3. The average molecular weight is 373 g/mol. The molecule has 3 aromatic rings. The number of benzene rings is 2. The number of aromatic nitrogens is 1. The van der Waals surface area contributed by atoms with Crippen LogP contribution < -0.4 is 0 Å². The minimum absolute atomic E-state index is 0.101. The molecule has 0 aliphatic carbocycles. The van der Waals surface area contributed by atoms with Crippen LogP contribution in [0.25, 0.3) is 0 Å². The lowest BCUT2D eigenvalue weighted by atomic mass is 10.0. The molecule has 0 fully saturated rings. The maximum atomic E-state index is 14.3. The van der Waals surface area contributed by atoms with Crippen LogP contribution >= 0.6 is 11.6 Å². The van der Waals surface area contributed by atoms with Gasteiger partial charge < -0.3 is 4.57 Å². The Bertz CT molecular complexity index is 902. The van der Waals surface area contributed by atoms with Crippen LogP contribution in [-0.4, -0.2) is 16.0 Å². The van der Waals surface area contributed by atoms with E-state index in [1.54, 1.807) is 0 Å². The predicted octanol–water partition coefficient (Wildman–Crippen LogP) is 5.42. The van der Waals surface area contributed by atoms with Crippen molar-refractivity contribution in [2.75, 3.05) is 6.54 Å². The molecule has 26 heavy (non-hydrogen) atoms. The fourth-order valence-electron chi connectivity index (χ4n) is 3.75. The summed E-state index contributed by atoms with van der Waals surface area (Å²) in [6.45, 7) is 1.80. The predicted molar refractivity (Wildman–Crippen MR) is 99.1 cm³/mol. The lowest BCUT2D eigenvalue weighted by Crippen LogP contribution is -2.30. The van der Waals surface area contributed by atoms with E-state index in [4.69, 9.17) is 11.6 Å². The summed E-state index contributed by atoms with van der Waals surface area (Å²) in [4.78, 5) is 2.11. The summed E-state index contributed by atoms with van der Waals surface area (Å²) in [5.41, 5.74) is 2.14. The van der Waals surface area contributed by atoms with Gasteiger partial charge in [-0.1, -0.05) is 35.9 Å². The minimum atomic E-state index is -0.512. The summed E-state index contributed by atoms with van der Waals surface area (Å²) >= 11 is 6.49. The Balaban J connectivity index is 1.80. The lowest BCUT2D eigenvalue weighted by molar-refractivity contribution is 0.214. The van der Waals surface area contributed by atoms with Gasteiger partial charge in [-0.05, 0) is 42.3 Å². The van der Waals surface area contributed by atoms with Crippen LogP contribution in [0.2, 0.25) is 5.02 Å². The topological polar surface area (TPSA) is 8.17 Å². The minimum Gasteiger partial charge on any atom is -0.350 e. The second kappa shape index (κ2) is 7.22. The highest BCUT2D eigenvalue weighted by Crippen LogP contribution is 2.36. The molecule has 134 valence electrons. The fraction of sp³-hybridized carbons (Fsp3) is 0.238. The van der Waals surface area contributed by atoms with Crippen molar-refractivity contribution in [3.05, 3.63) is 94.3 Å². The Morgan fingerprint density at radius 2 is 1.69 bits per heavy atom. The molecule has 0 saturated carbocycles. The van der Waals surface area contributed by atoms with Crippen LogP contribution in [0, 0.1) is 11.6 Å². The zero-order chi connectivity index (χ0) is 18.1. The fourth-order valence-corrected chi connectivity index (χ4v) is 3.99. The summed E-state index contributed by atoms with van der Waals surface area (Å²) < 4.78 is 30.7. The first-order chi connectivity index (χ1) is 12.6. The third kappa shape index (κ3) is 3.15. The zero-order valence-electron chi connectivity index (χ0n) is 14.2. The molecule has 0 spiro atoms. The Hall–Kier alpha value is -2.17. The number of hydrogen-bond donors (Lipinski definition) is 0.